The number of halogens is 2. The summed E-state index contributed by atoms with van der Waals surface area (Å²) in [6.07, 6.45) is 4.97. The van der Waals surface area contributed by atoms with Crippen LogP contribution in [0.25, 0.3) is 11.4 Å². The molecule has 2 heterocycles. The number of rotatable bonds is 3. The fourth-order valence-corrected chi connectivity index (χ4v) is 1.76. The number of hydrogen-bond acceptors (Lipinski definition) is 4. The Hall–Kier alpha value is -1.17. The first kappa shape index (κ1) is 12.3. The van der Waals surface area contributed by atoms with E-state index in [4.69, 9.17) is 28.9 Å². The maximum absolute atomic E-state index is 5.99. The summed E-state index contributed by atoms with van der Waals surface area (Å²) in [5.41, 5.74) is 6.88. The van der Waals surface area contributed by atoms with E-state index >= 15 is 0 Å². The first-order chi connectivity index (χ1) is 8.06. The van der Waals surface area contributed by atoms with Gasteiger partial charge in [-0.25, -0.2) is 15.0 Å². The molecule has 2 aromatic heterocycles. The number of imidazole rings is 1. The number of nitrogens with zero attached hydrogens (tertiary/aromatic N) is 4. The van der Waals surface area contributed by atoms with Gasteiger partial charge in [0.15, 0.2) is 0 Å². The first-order valence-electron chi connectivity index (χ1n) is 5.02. The summed E-state index contributed by atoms with van der Waals surface area (Å²) in [6.45, 7) is 2.61. The normalized spacial score (nSPS) is 12.7. The van der Waals surface area contributed by atoms with Crippen LogP contribution in [0, 0.1) is 0 Å². The van der Waals surface area contributed by atoms with Crippen molar-refractivity contribution in [2.24, 2.45) is 5.73 Å². The lowest BCUT2D eigenvalue weighted by atomic mass is 10.3. The SMILES string of the molecule is CC(N)Cn1cnc(-c2nc(Cl)ncc2Cl)c1. The van der Waals surface area contributed by atoms with E-state index in [0.29, 0.717) is 23.0 Å². The molecular formula is C10H11Cl2N5. The Labute approximate surface area is 109 Å². The van der Waals surface area contributed by atoms with Crippen molar-refractivity contribution in [3.05, 3.63) is 29.0 Å². The van der Waals surface area contributed by atoms with Crippen molar-refractivity contribution in [3.8, 4) is 11.4 Å². The lowest BCUT2D eigenvalue weighted by molar-refractivity contribution is 0.589. The molecule has 7 heteroatoms. The van der Waals surface area contributed by atoms with Crippen LogP contribution in [0.4, 0.5) is 0 Å². The van der Waals surface area contributed by atoms with E-state index in [0.717, 1.165) is 0 Å². The molecule has 90 valence electrons. The summed E-state index contributed by atoms with van der Waals surface area (Å²) < 4.78 is 1.88. The van der Waals surface area contributed by atoms with E-state index in [1.54, 1.807) is 6.33 Å². The van der Waals surface area contributed by atoms with E-state index in [1.165, 1.54) is 6.20 Å². The van der Waals surface area contributed by atoms with E-state index in [1.807, 2.05) is 17.7 Å². The molecule has 0 fully saturated rings. The largest absolute Gasteiger partial charge is 0.335 e. The lowest BCUT2D eigenvalue weighted by Gasteiger charge is -2.04. The van der Waals surface area contributed by atoms with Crippen LogP contribution in [0.2, 0.25) is 10.3 Å². The maximum atomic E-state index is 5.99. The third-order valence-corrected chi connectivity index (χ3v) is 2.55. The Morgan fingerprint density at radius 1 is 1.41 bits per heavy atom. The van der Waals surface area contributed by atoms with Gasteiger partial charge >= 0.3 is 0 Å². The average Bonchev–Trinajstić information content (AvgIpc) is 2.69. The zero-order valence-corrected chi connectivity index (χ0v) is 10.7. The van der Waals surface area contributed by atoms with Crippen molar-refractivity contribution in [1.29, 1.82) is 0 Å². The van der Waals surface area contributed by atoms with Crippen molar-refractivity contribution in [2.45, 2.75) is 19.5 Å². The molecule has 2 rings (SSSR count). The average molecular weight is 272 g/mol. The van der Waals surface area contributed by atoms with Crippen LogP contribution in [0.3, 0.4) is 0 Å². The second kappa shape index (κ2) is 5.00. The molecule has 1 unspecified atom stereocenters. The Kier molecular flexibility index (Phi) is 3.61. The Morgan fingerprint density at radius 2 is 2.18 bits per heavy atom. The fourth-order valence-electron chi connectivity index (χ4n) is 1.44. The third kappa shape index (κ3) is 2.94. The Bertz CT molecular complexity index is 523. The van der Waals surface area contributed by atoms with Gasteiger partial charge in [-0.2, -0.15) is 0 Å². The minimum Gasteiger partial charge on any atom is -0.335 e. The lowest BCUT2D eigenvalue weighted by Crippen LogP contribution is -2.21. The molecule has 2 N–H and O–H groups in total. The number of nitrogens with two attached hydrogens (primary N) is 1. The molecule has 0 aliphatic heterocycles. The van der Waals surface area contributed by atoms with Crippen molar-refractivity contribution < 1.29 is 0 Å². The van der Waals surface area contributed by atoms with Crippen LogP contribution in [0.5, 0.6) is 0 Å². The minimum atomic E-state index is 0.0570. The molecule has 5 nitrogen and oxygen atoms in total. The second-order valence-electron chi connectivity index (χ2n) is 3.77. The molecule has 0 saturated carbocycles. The van der Waals surface area contributed by atoms with Gasteiger partial charge in [0.1, 0.15) is 11.4 Å². The molecule has 0 spiro atoms. The number of aromatic nitrogens is 4. The van der Waals surface area contributed by atoms with Crippen molar-refractivity contribution in [3.63, 3.8) is 0 Å². The molecule has 2 aromatic rings. The summed E-state index contributed by atoms with van der Waals surface area (Å²) in [7, 11) is 0. The molecule has 17 heavy (non-hydrogen) atoms. The number of hydrogen-bond donors (Lipinski definition) is 1. The highest BCUT2D eigenvalue weighted by Crippen LogP contribution is 2.24. The van der Waals surface area contributed by atoms with E-state index < -0.39 is 0 Å². The van der Waals surface area contributed by atoms with Crippen LogP contribution < -0.4 is 5.73 Å². The van der Waals surface area contributed by atoms with Gasteiger partial charge < -0.3 is 10.3 Å². The smallest absolute Gasteiger partial charge is 0.223 e. The monoisotopic (exact) mass is 271 g/mol. The van der Waals surface area contributed by atoms with E-state index in [-0.39, 0.29) is 11.3 Å². The van der Waals surface area contributed by atoms with Gasteiger partial charge in [-0.15, -0.1) is 0 Å². The van der Waals surface area contributed by atoms with Gasteiger partial charge in [-0.05, 0) is 18.5 Å². The summed E-state index contributed by atoms with van der Waals surface area (Å²) in [5, 5.41) is 0.562. The molecule has 0 saturated heterocycles. The van der Waals surface area contributed by atoms with Gasteiger partial charge in [-0.1, -0.05) is 11.6 Å². The highest BCUT2D eigenvalue weighted by Gasteiger charge is 2.10. The van der Waals surface area contributed by atoms with Gasteiger partial charge in [0.2, 0.25) is 5.28 Å². The molecule has 1 atom stereocenters. The summed E-state index contributed by atoms with van der Waals surface area (Å²) in [4.78, 5) is 12.1. The topological polar surface area (TPSA) is 69.6 Å². The van der Waals surface area contributed by atoms with E-state index in [9.17, 15) is 0 Å². The summed E-state index contributed by atoms with van der Waals surface area (Å²) in [5.74, 6) is 0. The zero-order valence-electron chi connectivity index (χ0n) is 9.14. The summed E-state index contributed by atoms with van der Waals surface area (Å²) >= 11 is 11.7. The molecule has 0 aromatic carbocycles. The van der Waals surface area contributed by atoms with Crippen LogP contribution in [0.15, 0.2) is 18.7 Å². The standard InChI is InChI=1S/C10H11Cl2N5/c1-6(13)3-17-4-8(15-5-17)9-7(11)2-14-10(12)16-9/h2,4-6H,3,13H2,1H3. The van der Waals surface area contributed by atoms with Gasteiger partial charge in [0.05, 0.1) is 17.5 Å². The Balaban J connectivity index is 2.33. The van der Waals surface area contributed by atoms with Gasteiger partial charge in [0, 0.05) is 18.8 Å². The predicted molar refractivity (Wildman–Crippen MR) is 66.9 cm³/mol. The molecule has 0 aliphatic rings. The van der Waals surface area contributed by atoms with Gasteiger partial charge in [0.25, 0.3) is 0 Å². The van der Waals surface area contributed by atoms with Crippen molar-refractivity contribution >= 4 is 23.2 Å². The van der Waals surface area contributed by atoms with Gasteiger partial charge in [-0.3, -0.25) is 0 Å². The highest BCUT2D eigenvalue weighted by molar-refractivity contribution is 6.33. The quantitative estimate of drug-likeness (QED) is 0.867. The molecule has 0 aliphatic carbocycles. The van der Waals surface area contributed by atoms with Crippen molar-refractivity contribution in [2.75, 3.05) is 0 Å². The highest BCUT2D eigenvalue weighted by atomic mass is 35.5. The first-order valence-corrected chi connectivity index (χ1v) is 5.77. The zero-order chi connectivity index (χ0) is 12.4. The molecule has 0 radical (unpaired) electrons. The maximum Gasteiger partial charge on any atom is 0.223 e. The van der Waals surface area contributed by atoms with Crippen LogP contribution in [-0.4, -0.2) is 25.6 Å². The van der Waals surface area contributed by atoms with Crippen LogP contribution in [0.1, 0.15) is 6.92 Å². The van der Waals surface area contributed by atoms with Crippen molar-refractivity contribution in [1.82, 2.24) is 19.5 Å². The molecule has 0 amide bonds. The molecular weight excluding hydrogens is 261 g/mol. The molecule has 0 bridgehead atoms. The minimum absolute atomic E-state index is 0.0570. The predicted octanol–water partition coefficient (Wildman–Crippen LogP) is 1.99. The fraction of sp³-hybridized carbons (Fsp3) is 0.300. The third-order valence-electron chi connectivity index (χ3n) is 2.09. The van der Waals surface area contributed by atoms with Crippen LogP contribution >= 0.6 is 23.2 Å². The second-order valence-corrected chi connectivity index (χ2v) is 4.51. The Morgan fingerprint density at radius 3 is 2.88 bits per heavy atom. The van der Waals surface area contributed by atoms with E-state index in [2.05, 4.69) is 15.0 Å². The van der Waals surface area contributed by atoms with Crippen LogP contribution in [-0.2, 0) is 6.54 Å². The summed E-state index contributed by atoms with van der Waals surface area (Å²) in [6, 6.07) is 0.0570.